The van der Waals surface area contributed by atoms with Gasteiger partial charge in [0, 0.05) is 18.3 Å². The number of aliphatic imine (C=N–C) groups is 1. The lowest BCUT2D eigenvalue weighted by Crippen LogP contribution is -2.15. The number of aryl methyl sites for hydroxylation is 1. The van der Waals surface area contributed by atoms with Crippen molar-refractivity contribution in [1.82, 2.24) is 0 Å². The van der Waals surface area contributed by atoms with E-state index in [0.717, 1.165) is 11.1 Å². The fourth-order valence-corrected chi connectivity index (χ4v) is 1.01. The Balaban J connectivity index is 3.23. The Kier molecular flexibility index (Phi) is 2.33. The normalized spacial score (nSPS) is 11.7. The molecule has 0 bridgehead atoms. The quantitative estimate of drug-likeness (QED) is 0.367. The van der Waals surface area contributed by atoms with E-state index in [-0.39, 0.29) is 0 Å². The summed E-state index contributed by atoms with van der Waals surface area (Å²) in [7, 11) is 1.65. The molecule has 1 aromatic rings. The fraction of sp³-hybridized carbons (Fsp3) is 0.222. The third kappa shape index (κ3) is 1.56. The molecule has 0 saturated heterocycles. The standard InChI is InChI=1S/C9H13N3/c1-6-3-4-8(10)7(5-6)9(11)12-2/h3-5H,10H2,1-2H3,(H2,11,12). The Hall–Kier alpha value is -1.51. The molecule has 0 heterocycles. The third-order valence-corrected chi connectivity index (χ3v) is 1.73. The molecule has 4 N–H and O–H groups in total. The topological polar surface area (TPSA) is 64.4 Å². The van der Waals surface area contributed by atoms with Crippen molar-refractivity contribution in [1.29, 1.82) is 0 Å². The zero-order valence-corrected chi connectivity index (χ0v) is 7.33. The van der Waals surface area contributed by atoms with E-state index in [0.29, 0.717) is 11.5 Å². The minimum Gasteiger partial charge on any atom is -0.398 e. The van der Waals surface area contributed by atoms with E-state index in [2.05, 4.69) is 4.99 Å². The Morgan fingerprint density at radius 1 is 1.42 bits per heavy atom. The molecule has 0 saturated carbocycles. The minimum atomic E-state index is 0.483. The van der Waals surface area contributed by atoms with Gasteiger partial charge < -0.3 is 11.5 Å². The molecule has 3 nitrogen and oxygen atoms in total. The molecule has 64 valence electrons. The van der Waals surface area contributed by atoms with Crippen molar-refractivity contribution in [2.45, 2.75) is 6.92 Å². The summed E-state index contributed by atoms with van der Waals surface area (Å²) in [5, 5.41) is 0. The minimum absolute atomic E-state index is 0.483. The molecule has 0 atom stereocenters. The predicted molar refractivity (Wildman–Crippen MR) is 52.2 cm³/mol. The van der Waals surface area contributed by atoms with Crippen LogP contribution in [-0.2, 0) is 0 Å². The molecule has 0 amide bonds. The smallest absolute Gasteiger partial charge is 0.127 e. The molecule has 1 rings (SSSR count). The lowest BCUT2D eigenvalue weighted by molar-refractivity contribution is 1.37. The van der Waals surface area contributed by atoms with Crippen molar-refractivity contribution in [3.63, 3.8) is 0 Å². The van der Waals surface area contributed by atoms with Gasteiger partial charge in [0.1, 0.15) is 5.84 Å². The fourth-order valence-electron chi connectivity index (χ4n) is 1.01. The van der Waals surface area contributed by atoms with Crippen LogP contribution in [0.25, 0.3) is 0 Å². The zero-order valence-electron chi connectivity index (χ0n) is 7.33. The van der Waals surface area contributed by atoms with E-state index in [1.165, 1.54) is 0 Å². The summed E-state index contributed by atoms with van der Waals surface area (Å²) < 4.78 is 0. The van der Waals surface area contributed by atoms with E-state index < -0.39 is 0 Å². The second kappa shape index (κ2) is 3.26. The molecule has 1 aromatic carbocycles. The second-order valence-corrected chi connectivity index (χ2v) is 2.70. The van der Waals surface area contributed by atoms with Gasteiger partial charge in [-0.2, -0.15) is 0 Å². The lowest BCUT2D eigenvalue weighted by Gasteiger charge is -2.04. The molecular formula is C9H13N3. The second-order valence-electron chi connectivity index (χ2n) is 2.70. The highest BCUT2D eigenvalue weighted by Crippen LogP contribution is 2.12. The van der Waals surface area contributed by atoms with Gasteiger partial charge in [-0.1, -0.05) is 11.6 Å². The molecule has 0 spiro atoms. The van der Waals surface area contributed by atoms with Gasteiger partial charge in [-0.3, -0.25) is 4.99 Å². The number of anilines is 1. The van der Waals surface area contributed by atoms with Crippen molar-refractivity contribution in [2.75, 3.05) is 12.8 Å². The molecule has 3 heteroatoms. The molecule has 12 heavy (non-hydrogen) atoms. The van der Waals surface area contributed by atoms with Gasteiger partial charge in [-0.25, -0.2) is 0 Å². The average molecular weight is 163 g/mol. The SMILES string of the molecule is CN=C(N)c1cc(C)ccc1N. The van der Waals surface area contributed by atoms with Crippen LogP contribution in [0.3, 0.4) is 0 Å². The number of nitrogen functional groups attached to an aromatic ring is 1. The number of nitrogens with two attached hydrogens (primary N) is 2. The summed E-state index contributed by atoms with van der Waals surface area (Å²) in [6.07, 6.45) is 0. The number of benzene rings is 1. The Bertz CT molecular complexity index is 316. The highest BCUT2D eigenvalue weighted by molar-refractivity contribution is 6.02. The Morgan fingerprint density at radius 2 is 2.08 bits per heavy atom. The molecular weight excluding hydrogens is 150 g/mol. The van der Waals surface area contributed by atoms with Gasteiger partial charge in [-0.15, -0.1) is 0 Å². The van der Waals surface area contributed by atoms with Gasteiger partial charge in [0.15, 0.2) is 0 Å². The van der Waals surface area contributed by atoms with Crippen molar-refractivity contribution in [3.8, 4) is 0 Å². The van der Waals surface area contributed by atoms with E-state index in [9.17, 15) is 0 Å². The van der Waals surface area contributed by atoms with Crippen LogP contribution >= 0.6 is 0 Å². The Morgan fingerprint density at radius 3 is 2.67 bits per heavy atom. The number of nitrogens with zero attached hydrogens (tertiary/aromatic N) is 1. The molecule has 0 aliphatic heterocycles. The molecule has 0 unspecified atom stereocenters. The van der Waals surface area contributed by atoms with Crippen LogP contribution in [0.2, 0.25) is 0 Å². The summed E-state index contributed by atoms with van der Waals surface area (Å²) in [4.78, 5) is 3.88. The van der Waals surface area contributed by atoms with Crippen molar-refractivity contribution < 1.29 is 0 Å². The van der Waals surface area contributed by atoms with Crippen molar-refractivity contribution >= 4 is 11.5 Å². The van der Waals surface area contributed by atoms with E-state index in [1.807, 2.05) is 25.1 Å². The maximum Gasteiger partial charge on any atom is 0.127 e. The zero-order chi connectivity index (χ0) is 9.14. The van der Waals surface area contributed by atoms with E-state index in [1.54, 1.807) is 7.05 Å². The van der Waals surface area contributed by atoms with Gasteiger partial charge in [0.2, 0.25) is 0 Å². The van der Waals surface area contributed by atoms with E-state index in [4.69, 9.17) is 11.5 Å². The average Bonchev–Trinajstić information content (AvgIpc) is 2.08. The van der Waals surface area contributed by atoms with Crippen LogP contribution in [0.15, 0.2) is 23.2 Å². The first kappa shape index (κ1) is 8.59. The van der Waals surface area contributed by atoms with Gasteiger partial charge >= 0.3 is 0 Å². The van der Waals surface area contributed by atoms with Crippen LogP contribution in [-0.4, -0.2) is 12.9 Å². The van der Waals surface area contributed by atoms with Crippen LogP contribution < -0.4 is 11.5 Å². The van der Waals surface area contributed by atoms with Crippen LogP contribution in [0.5, 0.6) is 0 Å². The monoisotopic (exact) mass is 163 g/mol. The van der Waals surface area contributed by atoms with Gasteiger partial charge in [0.25, 0.3) is 0 Å². The van der Waals surface area contributed by atoms with E-state index >= 15 is 0 Å². The number of hydrogen-bond donors (Lipinski definition) is 2. The van der Waals surface area contributed by atoms with Crippen LogP contribution in [0, 0.1) is 6.92 Å². The first-order valence-electron chi connectivity index (χ1n) is 3.74. The lowest BCUT2D eigenvalue weighted by atomic mass is 10.1. The summed E-state index contributed by atoms with van der Waals surface area (Å²) in [6, 6.07) is 5.71. The van der Waals surface area contributed by atoms with Crippen molar-refractivity contribution in [3.05, 3.63) is 29.3 Å². The molecule has 0 aliphatic carbocycles. The van der Waals surface area contributed by atoms with Crippen LogP contribution in [0.1, 0.15) is 11.1 Å². The summed E-state index contributed by atoms with van der Waals surface area (Å²) in [5.41, 5.74) is 14.0. The Labute approximate surface area is 72.1 Å². The van der Waals surface area contributed by atoms with Crippen LogP contribution in [0.4, 0.5) is 5.69 Å². The number of amidine groups is 1. The van der Waals surface area contributed by atoms with Gasteiger partial charge in [0.05, 0.1) is 0 Å². The van der Waals surface area contributed by atoms with Gasteiger partial charge in [-0.05, 0) is 19.1 Å². The van der Waals surface area contributed by atoms with Crippen molar-refractivity contribution in [2.24, 2.45) is 10.7 Å². The molecule has 0 aliphatic rings. The molecule has 0 radical (unpaired) electrons. The highest BCUT2D eigenvalue weighted by atomic mass is 14.8. The summed E-state index contributed by atoms with van der Waals surface area (Å²) in [5.74, 6) is 0.483. The number of rotatable bonds is 1. The molecule has 0 fully saturated rings. The first-order valence-corrected chi connectivity index (χ1v) is 3.74. The number of hydrogen-bond acceptors (Lipinski definition) is 2. The summed E-state index contributed by atoms with van der Waals surface area (Å²) in [6.45, 7) is 1.99. The maximum absolute atomic E-state index is 5.71. The first-order chi connectivity index (χ1) is 5.65. The highest BCUT2D eigenvalue weighted by Gasteiger charge is 2.01. The predicted octanol–water partition coefficient (Wildman–Crippen LogP) is 0.912. The largest absolute Gasteiger partial charge is 0.398 e. The molecule has 0 aromatic heterocycles. The maximum atomic E-state index is 5.71. The third-order valence-electron chi connectivity index (χ3n) is 1.73. The summed E-state index contributed by atoms with van der Waals surface area (Å²) >= 11 is 0.